The van der Waals surface area contributed by atoms with Gasteiger partial charge in [0.1, 0.15) is 0 Å². The van der Waals surface area contributed by atoms with Gasteiger partial charge in [0.15, 0.2) is 0 Å². The van der Waals surface area contributed by atoms with Crippen LogP contribution in [0, 0.1) is 5.41 Å². The summed E-state index contributed by atoms with van der Waals surface area (Å²) in [5, 5.41) is 2.80. The van der Waals surface area contributed by atoms with E-state index in [1.54, 1.807) is 0 Å². The van der Waals surface area contributed by atoms with E-state index < -0.39 is 8.32 Å². The first kappa shape index (κ1) is 18.9. The molecule has 0 atom stereocenters. The summed E-state index contributed by atoms with van der Waals surface area (Å²) in [5.74, 6) is 0. The average molecular weight is 341 g/mol. The quantitative estimate of drug-likeness (QED) is 0.615. The molecule has 2 aromatic rings. The van der Waals surface area contributed by atoms with Crippen molar-refractivity contribution in [3.63, 3.8) is 0 Å². The standard InChI is InChI=1S/C22H32OSi/c1-5-6-19-24(20-13-9-7-10-14-20,21-15-11-8-12-16-21)23-18-17-22(2,3)4/h7-16H,5-6,17-19H2,1-4H3. The summed E-state index contributed by atoms with van der Waals surface area (Å²) in [7, 11) is -2.17. The van der Waals surface area contributed by atoms with E-state index in [0.717, 1.165) is 19.1 Å². The third-order valence-electron chi connectivity index (χ3n) is 4.56. The van der Waals surface area contributed by atoms with Crippen molar-refractivity contribution in [1.29, 1.82) is 0 Å². The molecule has 2 rings (SSSR count). The van der Waals surface area contributed by atoms with Crippen LogP contribution < -0.4 is 10.4 Å². The molecule has 0 saturated heterocycles. The van der Waals surface area contributed by atoms with Crippen molar-refractivity contribution in [2.75, 3.05) is 6.61 Å². The lowest BCUT2D eigenvalue weighted by Gasteiger charge is -2.34. The van der Waals surface area contributed by atoms with Gasteiger partial charge in [0, 0.05) is 6.61 Å². The second-order valence-corrected chi connectivity index (χ2v) is 11.4. The maximum atomic E-state index is 6.82. The summed E-state index contributed by atoms with van der Waals surface area (Å²) < 4.78 is 6.82. The van der Waals surface area contributed by atoms with Crippen LogP contribution >= 0.6 is 0 Å². The van der Waals surface area contributed by atoms with E-state index in [1.807, 2.05) is 0 Å². The van der Waals surface area contributed by atoms with Crippen LogP contribution in [-0.2, 0) is 4.43 Å². The van der Waals surface area contributed by atoms with Crippen molar-refractivity contribution in [1.82, 2.24) is 0 Å². The van der Waals surface area contributed by atoms with Crippen molar-refractivity contribution < 1.29 is 4.43 Å². The lowest BCUT2D eigenvalue weighted by atomic mass is 9.93. The van der Waals surface area contributed by atoms with Crippen molar-refractivity contribution in [2.24, 2.45) is 5.41 Å². The Morgan fingerprint density at radius 3 is 1.75 bits per heavy atom. The minimum absolute atomic E-state index is 0.304. The molecule has 0 aromatic heterocycles. The lowest BCUT2D eigenvalue weighted by molar-refractivity contribution is 0.240. The van der Waals surface area contributed by atoms with E-state index in [1.165, 1.54) is 23.2 Å². The second-order valence-electron chi connectivity index (χ2n) is 7.82. The maximum absolute atomic E-state index is 6.82. The number of hydrogen-bond donors (Lipinski definition) is 0. The third kappa shape index (κ3) is 5.06. The van der Waals surface area contributed by atoms with E-state index >= 15 is 0 Å². The number of rotatable bonds is 8. The van der Waals surface area contributed by atoms with Gasteiger partial charge in [-0.1, -0.05) is 101 Å². The van der Waals surface area contributed by atoms with Gasteiger partial charge in [-0.05, 0) is 28.3 Å². The summed E-state index contributed by atoms with van der Waals surface area (Å²) in [6.07, 6.45) is 3.51. The van der Waals surface area contributed by atoms with Crippen molar-refractivity contribution in [3.05, 3.63) is 60.7 Å². The maximum Gasteiger partial charge on any atom is 0.255 e. The predicted octanol–water partition coefficient (Wildman–Crippen LogP) is 5.00. The van der Waals surface area contributed by atoms with Gasteiger partial charge in [-0.15, -0.1) is 0 Å². The number of unbranched alkanes of at least 4 members (excludes halogenated alkanes) is 1. The van der Waals surface area contributed by atoms with Gasteiger partial charge < -0.3 is 4.43 Å². The van der Waals surface area contributed by atoms with Gasteiger partial charge in [0.05, 0.1) is 0 Å². The van der Waals surface area contributed by atoms with E-state index in [0.29, 0.717) is 5.41 Å². The molecule has 0 aliphatic rings. The summed E-state index contributed by atoms with van der Waals surface area (Å²) >= 11 is 0. The first-order valence-corrected chi connectivity index (χ1v) is 11.3. The van der Waals surface area contributed by atoms with E-state index in [-0.39, 0.29) is 0 Å². The number of hydrogen-bond acceptors (Lipinski definition) is 1. The van der Waals surface area contributed by atoms with Crippen LogP contribution in [-0.4, -0.2) is 14.9 Å². The molecular formula is C22H32OSi. The van der Waals surface area contributed by atoms with Crippen LogP contribution in [0.3, 0.4) is 0 Å². The fourth-order valence-electron chi connectivity index (χ4n) is 3.07. The van der Waals surface area contributed by atoms with Crippen molar-refractivity contribution >= 4 is 18.7 Å². The van der Waals surface area contributed by atoms with Crippen LogP contribution in [0.2, 0.25) is 6.04 Å². The summed E-state index contributed by atoms with van der Waals surface area (Å²) in [6, 6.07) is 23.0. The van der Waals surface area contributed by atoms with E-state index in [9.17, 15) is 0 Å². The molecule has 0 amide bonds. The molecule has 1 nitrogen and oxygen atoms in total. The minimum atomic E-state index is -2.17. The SMILES string of the molecule is CCCC[Si](OCCC(C)(C)C)(c1ccccc1)c1ccccc1. The summed E-state index contributed by atoms with van der Waals surface area (Å²) in [5.41, 5.74) is 0.304. The van der Waals surface area contributed by atoms with E-state index in [2.05, 4.69) is 88.4 Å². The van der Waals surface area contributed by atoms with Crippen LogP contribution in [0.4, 0.5) is 0 Å². The Kier molecular flexibility index (Phi) is 6.82. The normalized spacial score (nSPS) is 12.3. The molecule has 0 aliphatic heterocycles. The molecule has 0 unspecified atom stereocenters. The largest absolute Gasteiger partial charge is 0.408 e. The van der Waals surface area contributed by atoms with Gasteiger partial charge in [0.2, 0.25) is 0 Å². The van der Waals surface area contributed by atoms with Crippen LogP contribution in [0.25, 0.3) is 0 Å². The Morgan fingerprint density at radius 1 is 0.833 bits per heavy atom. The fraction of sp³-hybridized carbons (Fsp3) is 0.455. The highest BCUT2D eigenvalue weighted by molar-refractivity contribution is 6.97. The van der Waals surface area contributed by atoms with Gasteiger partial charge >= 0.3 is 0 Å². The molecule has 0 saturated carbocycles. The number of benzene rings is 2. The first-order valence-electron chi connectivity index (χ1n) is 9.23. The third-order valence-corrected chi connectivity index (χ3v) is 8.85. The van der Waals surface area contributed by atoms with Crippen molar-refractivity contribution in [3.8, 4) is 0 Å². The molecule has 0 radical (unpaired) electrons. The molecule has 130 valence electrons. The van der Waals surface area contributed by atoms with Crippen LogP contribution in [0.15, 0.2) is 60.7 Å². The molecule has 0 aliphatic carbocycles. The highest BCUT2D eigenvalue weighted by Crippen LogP contribution is 2.22. The molecule has 0 spiro atoms. The molecule has 2 aromatic carbocycles. The molecule has 24 heavy (non-hydrogen) atoms. The second kappa shape index (κ2) is 8.64. The Labute approximate surface area is 149 Å². The Bertz CT molecular complexity index is 547. The van der Waals surface area contributed by atoms with Gasteiger partial charge in [-0.25, -0.2) is 0 Å². The first-order chi connectivity index (χ1) is 11.5. The minimum Gasteiger partial charge on any atom is -0.408 e. The molecule has 2 heteroatoms. The molecule has 0 heterocycles. The topological polar surface area (TPSA) is 9.23 Å². The Hall–Kier alpha value is -1.38. The zero-order valence-electron chi connectivity index (χ0n) is 15.7. The Morgan fingerprint density at radius 2 is 1.33 bits per heavy atom. The highest BCUT2D eigenvalue weighted by atomic mass is 28.4. The summed E-state index contributed by atoms with van der Waals surface area (Å²) in [6.45, 7) is 9.97. The van der Waals surface area contributed by atoms with Crippen LogP contribution in [0.1, 0.15) is 47.0 Å². The lowest BCUT2D eigenvalue weighted by Crippen LogP contribution is -2.61. The molecule has 0 bridgehead atoms. The monoisotopic (exact) mass is 340 g/mol. The molecule has 0 fully saturated rings. The zero-order valence-corrected chi connectivity index (χ0v) is 16.7. The molecular weight excluding hydrogens is 308 g/mol. The van der Waals surface area contributed by atoms with E-state index in [4.69, 9.17) is 4.43 Å². The smallest absolute Gasteiger partial charge is 0.255 e. The Balaban J connectivity index is 2.40. The van der Waals surface area contributed by atoms with Crippen molar-refractivity contribution in [2.45, 2.75) is 53.0 Å². The van der Waals surface area contributed by atoms with Crippen LogP contribution in [0.5, 0.6) is 0 Å². The van der Waals surface area contributed by atoms with Gasteiger partial charge in [-0.2, -0.15) is 0 Å². The predicted molar refractivity (Wildman–Crippen MR) is 108 cm³/mol. The van der Waals surface area contributed by atoms with Gasteiger partial charge in [-0.3, -0.25) is 0 Å². The molecule has 0 N–H and O–H groups in total. The highest BCUT2D eigenvalue weighted by Gasteiger charge is 2.39. The summed E-state index contributed by atoms with van der Waals surface area (Å²) in [4.78, 5) is 0. The van der Waals surface area contributed by atoms with Gasteiger partial charge in [0.25, 0.3) is 8.32 Å². The fourth-order valence-corrected chi connectivity index (χ4v) is 7.22. The average Bonchev–Trinajstić information content (AvgIpc) is 2.58. The zero-order chi connectivity index (χ0) is 17.5.